The van der Waals surface area contributed by atoms with Crippen molar-refractivity contribution in [1.29, 1.82) is 5.26 Å². The first-order valence-corrected chi connectivity index (χ1v) is 14.0. The zero-order valence-electron chi connectivity index (χ0n) is 23.2. The number of nitriles is 1. The molecule has 1 aliphatic heterocycles. The van der Waals surface area contributed by atoms with Gasteiger partial charge in [-0.2, -0.15) is 5.26 Å². The van der Waals surface area contributed by atoms with Gasteiger partial charge in [0, 0.05) is 43.0 Å². The lowest BCUT2D eigenvalue weighted by atomic mass is 10.1. The van der Waals surface area contributed by atoms with Crippen LogP contribution in [0.2, 0.25) is 0 Å². The van der Waals surface area contributed by atoms with Gasteiger partial charge in [0.25, 0.3) is 11.5 Å². The number of aromatic nitrogens is 2. The highest BCUT2D eigenvalue weighted by atomic mass is 19.1. The number of hydrogen-bond donors (Lipinski definition) is 2. The van der Waals surface area contributed by atoms with Gasteiger partial charge in [0.05, 0.1) is 16.5 Å². The molecule has 5 rings (SSSR count). The summed E-state index contributed by atoms with van der Waals surface area (Å²) in [5, 5.41) is 14.9. The van der Waals surface area contributed by atoms with Gasteiger partial charge in [-0.3, -0.25) is 18.7 Å². The number of anilines is 1. The quantitative estimate of drug-likeness (QED) is 0.471. The van der Waals surface area contributed by atoms with Crippen molar-refractivity contribution in [2.75, 3.05) is 18.4 Å². The van der Waals surface area contributed by atoms with Crippen LogP contribution in [0.25, 0.3) is 10.9 Å². The van der Waals surface area contributed by atoms with Crippen LogP contribution >= 0.6 is 0 Å². The van der Waals surface area contributed by atoms with E-state index in [0.717, 1.165) is 18.9 Å². The number of fused-ring (bicyclic) bond motifs is 1. The fraction of sp³-hybridized carbons (Fsp3) is 0.433. The van der Waals surface area contributed by atoms with Crippen LogP contribution in [0.1, 0.15) is 67.9 Å². The van der Waals surface area contributed by atoms with Crippen LogP contribution in [0.5, 0.6) is 0 Å². The molecule has 0 spiro atoms. The topological polar surface area (TPSA) is 129 Å². The molecule has 2 fully saturated rings. The number of amides is 3. The van der Waals surface area contributed by atoms with Crippen molar-refractivity contribution in [3.63, 3.8) is 0 Å². The smallest absolute Gasteiger partial charge is 0.331 e. The molecule has 3 aromatic rings. The monoisotopic (exact) mass is 560 g/mol. The van der Waals surface area contributed by atoms with Crippen LogP contribution in [-0.4, -0.2) is 45.1 Å². The summed E-state index contributed by atoms with van der Waals surface area (Å²) in [7, 11) is 0. The summed E-state index contributed by atoms with van der Waals surface area (Å²) in [5.41, 5.74) is 0.316. The number of nitrogens with zero attached hydrogens (tertiary/aromatic N) is 4. The number of hydrogen-bond acceptors (Lipinski definition) is 5. The van der Waals surface area contributed by atoms with Crippen LogP contribution in [-0.2, 0) is 6.54 Å². The standard InChI is InChI=1S/C30H33FN6O4/c1-18(2)37-26-10-8-20(14-24(26)28(39)36(30(37)41)17-19-5-6-19)27(38)33-22-4-3-12-35(13-11-22)29(40)34-23-9-7-21(16-32)25(31)15-23/h7-10,14-15,18-19,22H,3-6,11-13,17H2,1-2H3,(H,33,38)(H,34,40). The Morgan fingerprint density at radius 1 is 1.07 bits per heavy atom. The molecule has 1 unspecified atom stereocenters. The van der Waals surface area contributed by atoms with Gasteiger partial charge in [0.1, 0.15) is 11.9 Å². The maximum absolute atomic E-state index is 13.9. The highest BCUT2D eigenvalue weighted by Gasteiger charge is 2.26. The number of benzene rings is 2. The molecule has 2 aliphatic rings. The lowest BCUT2D eigenvalue weighted by Gasteiger charge is -2.21. The summed E-state index contributed by atoms with van der Waals surface area (Å²) in [6.45, 7) is 5.04. The number of nitrogens with one attached hydrogen (secondary N) is 2. The van der Waals surface area contributed by atoms with Gasteiger partial charge in [-0.1, -0.05) is 0 Å². The summed E-state index contributed by atoms with van der Waals surface area (Å²) >= 11 is 0. The number of rotatable bonds is 6. The first-order valence-electron chi connectivity index (χ1n) is 14.0. The Bertz CT molecular complexity index is 1670. The number of halogens is 1. The van der Waals surface area contributed by atoms with Gasteiger partial charge in [-0.05, 0) is 88.3 Å². The van der Waals surface area contributed by atoms with Crippen molar-refractivity contribution in [1.82, 2.24) is 19.4 Å². The molecule has 1 saturated carbocycles. The van der Waals surface area contributed by atoms with E-state index < -0.39 is 5.82 Å². The molecule has 2 N–H and O–H groups in total. The first-order chi connectivity index (χ1) is 19.7. The van der Waals surface area contributed by atoms with E-state index in [9.17, 15) is 23.6 Å². The molecular weight excluding hydrogens is 527 g/mol. The average Bonchev–Trinajstić information content (AvgIpc) is 3.78. The molecule has 3 amide bonds. The van der Waals surface area contributed by atoms with Crippen LogP contribution in [0.15, 0.2) is 46.0 Å². The van der Waals surface area contributed by atoms with Crippen LogP contribution in [0.3, 0.4) is 0 Å². The molecule has 11 heteroatoms. The number of likely N-dealkylation sites (tertiary alicyclic amines) is 1. The second kappa shape index (κ2) is 11.6. The van der Waals surface area contributed by atoms with Crippen LogP contribution < -0.4 is 21.9 Å². The maximum Gasteiger partial charge on any atom is 0.331 e. The minimum absolute atomic E-state index is 0.0963. The molecule has 1 atom stereocenters. The molecule has 0 bridgehead atoms. The Balaban J connectivity index is 1.28. The van der Waals surface area contributed by atoms with Gasteiger partial charge in [-0.15, -0.1) is 0 Å². The molecular formula is C30H33FN6O4. The fourth-order valence-corrected chi connectivity index (χ4v) is 5.34. The van der Waals surface area contributed by atoms with Crippen molar-refractivity contribution in [3.8, 4) is 6.07 Å². The molecule has 2 aromatic carbocycles. The van der Waals surface area contributed by atoms with Gasteiger partial charge >= 0.3 is 11.7 Å². The Morgan fingerprint density at radius 3 is 2.54 bits per heavy atom. The second-order valence-electron chi connectivity index (χ2n) is 11.2. The number of urea groups is 1. The predicted molar refractivity (Wildman–Crippen MR) is 152 cm³/mol. The van der Waals surface area contributed by atoms with Crippen molar-refractivity contribution < 1.29 is 14.0 Å². The van der Waals surface area contributed by atoms with E-state index >= 15 is 0 Å². The van der Waals surface area contributed by atoms with Gasteiger partial charge in [0.15, 0.2) is 0 Å². The van der Waals surface area contributed by atoms with E-state index in [2.05, 4.69) is 10.6 Å². The predicted octanol–water partition coefficient (Wildman–Crippen LogP) is 3.98. The van der Waals surface area contributed by atoms with E-state index in [1.807, 2.05) is 13.8 Å². The average molecular weight is 561 g/mol. The Morgan fingerprint density at radius 2 is 1.85 bits per heavy atom. The third-order valence-corrected chi connectivity index (χ3v) is 7.78. The van der Waals surface area contributed by atoms with Gasteiger partial charge in [-0.25, -0.2) is 14.0 Å². The third-order valence-electron chi connectivity index (χ3n) is 7.78. The summed E-state index contributed by atoms with van der Waals surface area (Å²) in [5.74, 6) is -0.683. The maximum atomic E-state index is 13.9. The third kappa shape index (κ3) is 6.01. The molecule has 1 aliphatic carbocycles. The minimum atomic E-state index is -0.702. The molecule has 214 valence electrons. The summed E-state index contributed by atoms with van der Waals surface area (Å²) in [6, 6.07) is 9.81. The Labute approximate surface area is 236 Å². The highest BCUT2D eigenvalue weighted by molar-refractivity contribution is 5.98. The van der Waals surface area contributed by atoms with Gasteiger partial charge in [0.2, 0.25) is 0 Å². The van der Waals surface area contributed by atoms with Crippen molar-refractivity contribution in [2.45, 2.75) is 64.6 Å². The highest BCUT2D eigenvalue weighted by Crippen LogP contribution is 2.30. The van der Waals surface area contributed by atoms with E-state index in [1.54, 1.807) is 33.7 Å². The van der Waals surface area contributed by atoms with E-state index in [0.29, 0.717) is 61.3 Å². The summed E-state index contributed by atoms with van der Waals surface area (Å²) in [4.78, 5) is 54.1. The summed E-state index contributed by atoms with van der Waals surface area (Å²) in [6.07, 6.45) is 3.85. The fourth-order valence-electron chi connectivity index (χ4n) is 5.34. The molecule has 1 saturated heterocycles. The largest absolute Gasteiger partial charge is 0.349 e. The Kier molecular flexibility index (Phi) is 7.92. The second-order valence-corrected chi connectivity index (χ2v) is 11.2. The van der Waals surface area contributed by atoms with Crippen LogP contribution in [0.4, 0.5) is 14.9 Å². The lowest BCUT2D eigenvalue weighted by molar-refractivity contribution is 0.0934. The first kappa shape index (κ1) is 28.1. The van der Waals surface area contributed by atoms with Crippen LogP contribution in [0, 0.1) is 23.1 Å². The van der Waals surface area contributed by atoms with Crippen molar-refractivity contribution in [2.24, 2.45) is 5.92 Å². The Hall–Kier alpha value is -4.46. The van der Waals surface area contributed by atoms with Crippen molar-refractivity contribution in [3.05, 3.63) is 74.2 Å². The molecule has 10 nitrogen and oxygen atoms in total. The molecule has 41 heavy (non-hydrogen) atoms. The van der Waals surface area contributed by atoms with E-state index in [4.69, 9.17) is 5.26 Å². The van der Waals surface area contributed by atoms with E-state index in [1.165, 1.54) is 16.7 Å². The number of carbonyl (C=O) groups is 2. The SMILES string of the molecule is CC(C)n1c(=O)n(CC2CC2)c(=O)c2cc(C(=O)NC3CCCN(C(=O)Nc4ccc(C#N)c(F)c4)CC3)ccc21. The summed E-state index contributed by atoms with van der Waals surface area (Å²) < 4.78 is 16.8. The number of carbonyl (C=O) groups excluding carboxylic acids is 2. The zero-order valence-corrected chi connectivity index (χ0v) is 23.2. The molecule has 0 radical (unpaired) electrons. The van der Waals surface area contributed by atoms with Gasteiger partial charge < -0.3 is 15.5 Å². The molecule has 2 heterocycles. The van der Waals surface area contributed by atoms with E-state index in [-0.39, 0.29) is 46.5 Å². The minimum Gasteiger partial charge on any atom is -0.349 e. The zero-order chi connectivity index (χ0) is 29.3. The van der Waals surface area contributed by atoms with Crippen molar-refractivity contribution >= 4 is 28.5 Å². The lowest BCUT2D eigenvalue weighted by Crippen LogP contribution is -2.41. The normalized spacial score (nSPS) is 17.2. The molecule has 1 aromatic heterocycles.